The number of rotatable bonds is 3. The van der Waals surface area contributed by atoms with Crippen molar-refractivity contribution in [1.82, 2.24) is 10.2 Å². The maximum absolute atomic E-state index is 10.8. The molecule has 0 aliphatic carbocycles. The molecule has 2 aliphatic heterocycles. The predicted molar refractivity (Wildman–Crippen MR) is 77.9 cm³/mol. The van der Waals surface area contributed by atoms with E-state index in [-0.39, 0.29) is 10.7 Å². The normalized spacial score (nSPS) is 26.4. The van der Waals surface area contributed by atoms with E-state index < -0.39 is 4.92 Å². The van der Waals surface area contributed by atoms with Crippen LogP contribution in [0.25, 0.3) is 0 Å². The zero-order valence-electron chi connectivity index (χ0n) is 11.2. The van der Waals surface area contributed by atoms with Gasteiger partial charge in [0.1, 0.15) is 5.02 Å². The molecular weight excluding hydrogens is 278 g/mol. The SMILES string of the molecule is O=[N+]([O-])c1ccc(CN2C3CCNCC2CC3)cc1Cl. The van der Waals surface area contributed by atoms with Gasteiger partial charge in [0.15, 0.2) is 0 Å². The average Bonchev–Trinajstić information content (AvgIpc) is 2.62. The molecule has 0 saturated carbocycles. The van der Waals surface area contributed by atoms with Crippen LogP contribution in [-0.2, 0) is 6.54 Å². The van der Waals surface area contributed by atoms with Crippen LogP contribution in [-0.4, -0.2) is 35.0 Å². The van der Waals surface area contributed by atoms with Crippen LogP contribution in [0.4, 0.5) is 5.69 Å². The maximum Gasteiger partial charge on any atom is 0.287 e. The standard InChI is InChI=1S/C14H18ClN3O2/c15-13-7-10(1-4-14(13)18(19)20)9-17-11-2-3-12(17)8-16-6-5-11/h1,4,7,11-12,16H,2-3,5-6,8-9H2. The lowest BCUT2D eigenvalue weighted by atomic mass is 10.1. The third kappa shape index (κ3) is 2.66. The van der Waals surface area contributed by atoms with Crippen LogP contribution in [0.2, 0.25) is 5.02 Å². The fourth-order valence-corrected chi connectivity index (χ4v) is 3.62. The number of hydrogen-bond donors (Lipinski definition) is 1. The predicted octanol–water partition coefficient (Wildman–Crippen LogP) is 2.57. The molecule has 6 heteroatoms. The summed E-state index contributed by atoms with van der Waals surface area (Å²) in [5, 5.41) is 14.5. The molecule has 2 bridgehead atoms. The van der Waals surface area contributed by atoms with Crippen molar-refractivity contribution in [1.29, 1.82) is 0 Å². The Morgan fingerprint density at radius 3 is 2.90 bits per heavy atom. The summed E-state index contributed by atoms with van der Waals surface area (Å²) < 4.78 is 0. The van der Waals surface area contributed by atoms with Crippen molar-refractivity contribution in [3.8, 4) is 0 Å². The van der Waals surface area contributed by atoms with Gasteiger partial charge >= 0.3 is 0 Å². The van der Waals surface area contributed by atoms with Crippen LogP contribution in [0.1, 0.15) is 24.8 Å². The first-order valence-corrected chi connectivity index (χ1v) is 7.42. The van der Waals surface area contributed by atoms with E-state index in [0.717, 1.165) is 25.2 Å². The second-order valence-electron chi connectivity index (χ2n) is 5.59. The number of fused-ring (bicyclic) bond motifs is 2. The van der Waals surface area contributed by atoms with Gasteiger partial charge in [-0.3, -0.25) is 15.0 Å². The second kappa shape index (κ2) is 5.68. The monoisotopic (exact) mass is 295 g/mol. The maximum atomic E-state index is 10.8. The highest BCUT2D eigenvalue weighted by Gasteiger charge is 2.34. The molecular formula is C14H18ClN3O2. The smallest absolute Gasteiger partial charge is 0.287 e. The van der Waals surface area contributed by atoms with Crippen molar-refractivity contribution >= 4 is 17.3 Å². The average molecular weight is 296 g/mol. The molecule has 2 unspecified atom stereocenters. The number of nitrogens with zero attached hydrogens (tertiary/aromatic N) is 2. The zero-order valence-corrected chi connectivity index (χ0v) is 12.0. The zero-order chi connectivity index (χ0) is 14.1. The number of benzene rings is 1. The minimum atomic E-state index is -0.439. The van der Waals surface area contributed by atoms with E-state index in [1.165, 1.54) is 25.3 Å². The molecule has 0 spiro atoms. The summed E-state index contributed by atoms with van der Waals surface area (Å²) in [6.07, 6.45) is 3.67. The highest BCUT2D eigenvalue weighted by Crippen LogP contribution is 2.31. The van der Waals surface area contributed by atoms with Crippen LogP contribution in [0.15, 0.2) is 18.2 Å². The summed E-state index contributed by atoms with van der Waals surface area (Å²) in [6.45, 7) is 2.95. The van der Waals surface area contributed by atoms with Gasteiger partial charge in [0.05, 0.1) is 4.92 Å². The van der Waals surface area contributed by atoms with Crippen LogP contribution in [0.3, 0.4) is 0 Å². The molecule has 5 nitrogen and oxygen atoms in total. The van der Waals surface area contributed by atoms with E-state index in [0.29, 0.717) is 12.1 Å². The van der Waals surface area contributed by atoms with E-state index in [4.69, 9.17) is 11.6 Å². The first kappa shape index (κ1) is 13.8. The molecule has 0 amide bonds. The van der Waals surface area contributed by atoms with Gasteiger partial charge in [-0.25, -0.2) is 0 Å². The van der Waals surface area contributed by atoms with Crippen LogP contribution < -0.4 is 5.32 Å². The molecule has 0 radical (unpaired) electrons. The van der Waals surface area contributed by atoms with Crippen molar-refractivity contribution < 1.29 is 4.92 Å². The minimum Gasteiger partial charge on any atom is -0.315 e. The lowest BCUT2D eigenvalue weighted by molar-refractivity contribution is -0.384. The van der Waals surface area contributed by atoms with Gasteiger partial charge < -0.3 is 5.32 Å². The topological polar surface area (TPSA) is 58.4 Å². The minimum absolute atomic E-state index is 0.0177. The Hall–Kier alpha value is -1.17. The van der Waals surface area contributed by atoms with Crippen LogP contribution in [0, 0.1) is 10.1 Å². The Morgan fingerprint density at radius 2 is 2.15 bits per heavy atom. The van der Waals surface area contributed by atoms with Crippen molar-refractivity contribution in [2.24, 2.45) is 0 Å². The highest BCUT2D eigenvalue weighted by molar-refractivity contribution is 6.32. The molecule has 2 saturated heterocycles. The van der Waals surface area contributed by atoms with Gasteiger partial charge in [-0.1, -0.05) is 17.7 Å². The fraction of sp³-hybridized carbons (Fsp3) is 0.571. The first-order valence-electron chi connectivity index (χ1n) is 7.04. The second-order valence-corrected chi connectivity index (χ2v) is 6.00. The molecule has 1 N–H and O–H groups in total. The molecule has 2 fully saturated rings. The van der Waals surface area contributed by atoms with Gasteiger partial charge in [-0.2, -0.15) is 0 Å². The largest absolute Gasteiger partial charge is 0.315 e. The number of nitrogens with one attached hydrogen (secondary N) is 1. The number of nitro benzene ring substituents is 1. The quantitative estimate of drug-likeness (QED) is 0.688. The molecule has 108 valence electrons. The summed E-state index contributed by atoms with van der Waals surface area (Å²) in [4.78, 5) is 12.9. The lowest BCUT2D eigenvalue weighted by Crippen LogP contribution is -2.37. The van der Waals surface area contributed by atoms with Crippen molar-refractivity contribution in [2.45, 2.75) is 37.9 Å². The number of nitro groups is 1. The van der Waals surface area contributed by atoms with Crippen molar-refractivity contribution in [3.63, 3.8) is 0 Å². The molecule has 2 heterocycles. The third-order valence-corrected chi connectivity index (χ3v) is 4.68. The Labute approximate surface area is 123 Å². The Kier molecular flexibility index (Phi) is 3.92. The molecule has 2 aliphatic rings. The summed E-state index contributed by atoms with van der Waals surface area (Å²) in [7, 11) is 0. The summed E-state index contributed by atoms with van der Waals surface area (Å²) in [5.41, 5.74) is 1.04. The highest BCUT2D eigenvalue weighted by atomic mass is 35.5. The Balaban J connectivity index is 1.77. The van der Waals surface area contributed by atoms with Crippen molar-refractivity contribution in [2.75, 3.05) is 13.1 Å². The molecule has 1 aromatic rings. The molecule has 3 rings (SSSR count). The van der Waals surface area contributed by atoms with Gasteiger partial charge in [0, 0.05) is 31.2 Å². The van der Waals surface area contributed by atoms with Crippen LogP contribution in [0.5, 0.6) is 0 Å². The fourth-order valence-electron chi connectivity index (χ4n) is 3.35. The van der Waals surface area contributed by atoms with Crippen molar-refractivity contribution in [3.05, 3.63) is 38.9 Å². The molecule has 2 atom stereocenters. The van der Waals surface area contributed by atoms with E-state index >= 15 is 0 Å². The first-order chi connectivity index (χ1) is 9.65. The van der Waals surface area contributed by atoms with Crippen LogP contribution >= 0.6 is 11.6 Å². The van der Waals surface area contributed by atoms with E-state index in [1.54, 1.807) is 6.07 Å². The number of halogens is 1. The summed E-state index contributed by atoms with van der Waals surface area (Å²) >= 11 is 5.99. The van der Waals surface area contributed by atoms with E-state index in [9.17, 15) is 10.1 Å². The van der Waals surface area contributed by atoms with Gasteiger partial charge in [0.2, 0.25) is 0 Å². The Bertz CT molecular complexity index is 509. The molecule has 1 aromatic carbocycles. The lowest BCUT2D eigenvalue weighted by Gasteiger charge is -2.27. The summed E-state index contributed by atoms with van der Waals surface area (Å²) in [6, 6.07) is 6.27. The third-order valence-electron chi connectivity index (χ3n) is 4.38. The number of hydrogen-bond acceptors (Lipinski definition) is 4. The van der Waals surface area contributed by atoms with Gasteiger partial charge in [-0.15, -0.1) is 0 Å². The van der Waals surface area contributed by atoms with Gasteiger partial charge in [0.25, 0.3) is 5.69 Å². The molecule has 20 heavy (non-hydrogen) atoms. The Morgan fingerprint density at radius 1 is 1.35 bits per heavy atom. The summed E-state index contributed by atoms with van der Waals surface area (Å²) in [5.74, 6) is 0. The van der Waals surface area contributed by atoms with E-state index in [2.05, 4.69) is 10.2 Å². The van der Waals surface area contributed by atoms with E-state index in [1.807, 2.05) is 6.07 Å². The van der Waals surface area contributed by atoms with Gasteiger partial charge in [-0.05, 0) is 37.4 Å². The molecule has 0 aromatic heterocycles.